The first-order valence-corrected chi connectivity index (χ1v) is 7.25. The molecule has 0 aliphatic carbocycles. The summed E-state index contributed by atoms with van der Waals surface area (Å²) < 4.78 is 5.58. The topological polar surface area (TPSA) is 38.1 Å². The molecule has 0 saturated heterocycles. The smallest absolute Gasteiger partial charge is 0.256 e. The van der Waals surface area contributed by atoms with Gasteiger partial charge in [0, 0.05) is 11.3 Å². The second-order valence-electron chi connectivity index (χ2n) is 4.64. The third-order valence-electron chi connectivity index (χ3n) is 2.74. The van der Waals surface area contributed by atoms with Gasteiger partial charge < -0.3 is 9.73 Å². The van der Waals surface area contributed by atoms with E-state index in [1.54, 1.807) is 11.8 Å². The monoisotopic (exact) mass is 256 g/mol. The molecule has 1 aromatic rings. The number of aromatic nitrogens is 1. The van der Waals surface area contributed by atoms with Gasteiger partial charge in [-0.15, -0.1) is 0 Å². The molecule has 4 heteroatoms. The van der Waals surface area contributed by atoms with Gasteiger partial charge in [0.15, 0.2) is 0 Å². The zero-order chi connectivity index (χ0) is 12.8. The van der Waals surface area contributed by atoms with Gasteiger partial charge in [-0.25, -0.2) is 4.98 Å². The maximum absolute atomic E-state index is 5.58. The van der Waals surface area contributed by atoms with E-state index in [0.29, 0.717) is 11.3 Å². The van der Waals surface area contributed by atoms with E-state index in [4.69, 9.17) is 4.42 Å². The summed E-state index contributed by atoms with van der Waals surface area (Å²) >= 11 is 1.72. The van der Waals surface area contributed by atoms with Crippen molar-refractivity contribution in [2.24, 2.45) is 0 Å². The molecule has 2 unspecified atom stereocenters. The first-order chi connectivity index (χ1) is 8.02. The largest absolute Gasteiger partial charge is 0.437 e. The minimum absolute atomic E-state index is 0.520. The van der Waals surface area contributed by atoms with Gasteiger partial charge in [-0.1, -0.05) is 25.6 Å². The minimum atomic E-state index is 0.520. The van der Waals surface area contributed by atoms with Crippen LogP contribution in [0.2, 0.25) is 0 Å². The van der Waals surface area contributed by atoms with Crippen LogP contribution in [0, 0.1) is 13.8 Å². The van der Waals surface area contributed by atoms with Crippen molar-refractivity contribution in [1.82, 2.24) is 10.3 Å². The summed E-state index contributed by atoms with van der Waals surface area (Å²) in [5.74, 6) is 0.928. The Morgan fingerprint density at radius 1 is 1.35 bits per heavy atom. The quantitative estimate of drug-likeness (QED) is 0.757. The van der Waals surface area contributed by atoms with Crippen LogP contribution in [-0.2, 0) is 0 Å². The highest BCUT2D eigenvalue weighted by molar-refractivity contribution is 7.99. The molecule has 17 heavy (non-hydrogen) atoms. The van der Waals surface area contributed by atoms with Crippen molar-refractivity contribution in [2.45, 2.75) is 64.0 Å². The van der Waals surface area contributed by atoms with Crippen molar-refractivity contribution >= 4 is 11.8 Å². The number of thioether (sulfide) groups is 1. The van der Waals surface area contributed by atoms with Gasteiger partial charge in [-0.05, 0) is 40.2 Å². The van der Waals surface area contributed by atoms with Gasteiger partial charge in [-0.3, -0.25) is 0 Å². The van der Waals surface area contributed by atoms with Crippen LogP contribution in [0.4, 0.5) is 0 Å². The van der Waals surface area contributed by atoms with Crippen molar-refractivity contribution in [3.8, 4) is 0 Å². The summed E-state index contributed by atoms with van der Waals surface area (Å²) in [5.41, 5.74) is 0.997. The van der Waals surface area contributed by atoms with Gasteiger partial charge >= 0.3 is 0 Å². The highest BCUT2D eigenvalue weighted by atomic mass is 32.2. The predicted octanol–water partition coefficient (Wildman–Crippen LogP) is 3.55. The van der Waals surface area contributed by atoms with E-state index in [-0.39, 0.29) is 0 Å². The summed E-state index contributed by atoms with van der Waals surface area (Å²) in [5, 5.41) is 4.82. The Balaban J connectivity index is 2.36. The second-order valence-corrected chi connectivity index (χ2v) is 6.03. The van der Waals surface area contributed by atoms with Crippen LogP contribution in [0.3, 0.4) is 0 Å². The van der Waals surface area contributed by atoms with E-state index < -0.39 is 0 Å². The molecule has 0 saturated carbocycles. The minimum Gasteiger partial charge on any atom is -0.437 e. The van der Waals surface area contributed by atoms with Gasteiger partial charge in [0.2, 0.25) is 0 Å². The Labute approximate surface area is 109 Å². The normalized spacial score (nSPS) is 14.9. The fraction of sp³-hybridized carbons (Fsp3) is 0.769. The van der Waals surface area contributed by atoms with E-state index in [1.807, 2.05) is 13.8 Å². The van der Waals surface area contributed by atoms with Crippen LogP contribution in [0.25, 0.3) is 0 Å². The number of nitrogens with zero attached hydrogens (tertiary/aromatic N) is 1. The molecule has 1 rings (SSSR count). The summed E-state index contributed by atoms with van der Waals surface area (Å²) in [6.45, 7) is 11.7. The highest BCUT2D eigenvalue weighted by Crippen LogP contribution is 2.26. The van der Waals surface area contributed by atoms with Gasteiger partial charge in [0.1, 0.15) is 5.76 Å². The average Bonchev–Trinajstić information content (AvgIpc) is 2.54. The summed E-state index contributed by atoms with van der Waals surface area (Å²) in [4.78, 5) is 4.40. The number of hydrogen-bond acceptors (Lipinski definition) is 4. The standard InChI is InChI=1S/C13H24N2OS/c1-6-7-14-9(2)8-10(3)17-13-15-11(4)12(5)16-13/h9-10,14H,6-8H2,1-5H3. The Hall–Kier alpha value is -0.480. The van der Waals surface area contributed by atoms with Gasteiger partial charge in [0.05, 0.1) is 5.69 Å². The Morgan fingerprint density at radius 3 is 2.59 bits per heavy atom. The molecule has 3 nitrogen and oxygen atoms in total. The molecular weight excluding hydrogens is 232 g/mol. The predicted molar refractivity (Wildman–Crippen MR) is 73.7 cm³/mol. The van der Waals surface area contributed by atoms with Crippen molar-refractivity contribution in [1.29, 1.82) is 0 Å². The van der Waals surface area contributed by atoms with E-state index in [9.17, 15) is 0 Å². The number of aryl methyl sites for hydroxylation is 2. The summed E-state index contributed by atoms with van der Waals surface area (Å²) in [6.07, 6.45) is 2.31. The van der Waals surface area contributed by atoms with E-state index in [2.05, 4.69) is 31.1 Å². The zero-order valence-electron chi connectivity index (χ0n) is 11.5. The molecule has 0 radical (unpaired) electrons. The molecular formula is C13H24N2OS. The van der Waals surface area contributed by atoms with E-state index in [0.717, 1.165) is 29.6 Å². The molecule has 0 aliphatic heterocycles. The number of rotatable bonds is 7. The Bertz CT molecular complexity index is 319. The lowest BCUT2D eigenvalue weighted by Crippen LogP contribution is -2.29. The van der Waals surface area contributed by atoms with Crippen molar-refractivity contribution in [3.63, 3.8) is 0 Å². The zero-order valence-corrected chi connectivity index (χ0v) is 12.4. The SMILES string of the molecule is CCCNC(C)CC(C)Sc1nc(C)c(C)o1. The number of oxazole rings is 1. The lowest BCUT2D eigenvalue weighted by atomic mass is 10.2. The molecule has 0 fully saturated rings. The fourth-order valence-corrected chi connectivity index (χ4v) is 2.78. The summed E-state index contributed by atoms with van der Waals surface area (Å²) in [7, 11) is 0. The Kier molecular flexibility index (Phi) is 6.06. The fourth-order valence-electron chi connectivity index (χ4n) is 1.69. The molecule has 0 amide bonds. The van der Waals surface area contributed by atoms with Crippen LogP contribution in [0.5, 0.6) is 0 Å². The van der Waals surface area contributed by atoms with Gasteiger partial charge in [0.25, 0.3) is 5.22 Å². The maximum atomic E-state index is 5.58. The first-order valence-electron chi connectivity index (χ1n) is 6.37. The molecule has 0 aliphatic rings. The van der Waals surface area contributed by atoms with Crippen LogP contribution in [-0.4, -0.2) is 22.8 Å². The molecule has 0 aromatic carbocycles. The lowest BCUT2D eigenvalue weighted by Gasteiger charge is -2.16. The molecule has 1 N–H and O–H groups in total. The van der Waals surface area contributed by atoms with E-state index in [1.165, 1.54) is 6.42 Å². The van der Waals surface area contributed by atoms with Crippen LogP contribution < -0.4 is 5.32 Å². The van der Waals surface area contributed by atoms with E-state index >= 15 is 0 Å². The highest BCUT2D eigenvalue weighted by Gasteiger charge is 2.13. The lowest BCUT2D eigenvalue weighted by molar-refractivity contribution is 0.429. The molecule has 1 heterocycles. The summed E-state index contributed by atoms with van der Waals surface area (Å²) in [6, 6.07) is 0.551. The molecule has 2 atom stereocenters. The Morgan fingerprint density at radius 2 is 2.06 bits per heavy atom. The third kappa shape index (κ3) is 5.13. The molecule has 0 bridgehead atoms. The molecule has 98 valence electrons. The van der Waals surface area contributed by atoms with Crippen LogP contribution >= 0.6 is 11.8 Å². The third-order valence-corrected chi connectivity index (χ3v) is 3.71. The molecule has 1 aromatic heterocycles. The second kappa shape index (κ2) is 7.07. The van der Waals surface area contributed by atoms with Crippen molar-refractivity contribution in [2.75, 3.05) is 6.54 Å². The van der Waals surface area contributed by atoms with Crippen molar-refractivity contribution in [3.05, 3.63) is 11.5 Å². The number of hydrogen-bond donors (Lipinski definition) is 1. The van der Waals surface area contributed by atoms with Crippen LogP contribution in [0.1, 0.15) is 45.1 Å². The maximum Gasteiger partial charge on any atom is 0.256 e. The average molecular weight is 256 g/mol. The first kappa shape index (κ1) is 14.6. The molecule has 0 spiro atoms. The van der Waals surface area contributed by atoms with Crippen molar-refractivity contribution < 1.29 is 4.42 Å². The van der Waals surface area contributed by atoms with Gasteiger partial charge in [-0.2, -0.15) is 0 Å². The van der Waals surface area contributed by atoms with Crippen LogP contribution in [0.15, 0.2) is 9.64 Å². The number of nitrogens with one attached hydrogen (secondary N) is 1.